The number of phenols is 1. The maximum atomic E-state index is 12.2. The molecule has 7 heteroatoms. The molecule has 0 saturated heterocycles. The molecule has 2 aromatic carbocycles. The third-order valence-corrected chi connectivity index (χ3v) is 4.69. The van der Waals surface area contributed by atoms with Gasteiger partial charge in [0.1, 0.15) is 16.4 Å². The van der Waals surface area contributed by atoms with E-state index < -0.39 is 10.0 Å². The lowest BCUT2D eigenvalue weighted by molar-refractivity contribution is 0.409. The van der Waals surface area contributed by atoms with Crippen LogP contribution < -0.4 is 9.46 Å². The molecule has 0 fully saturated rings. The molecule has 0 aliphatic carbocycles. The lowest BCUT2D eigenvalue weighted by Crippen LogP contribution is -2.23. The molecule has 2 aromatic rings. The van der Waals surface area contributed by atoms with Crippen LogP contribution in [0.1, 0.15) is 5.56 Å². The number of sulfonamides is 1. The van der Waals surface area contributed by atoms with Gasteiger partial charge in [0, 0.05) is 17.1 Å². The predicted molar refractivity (Wildman–Crippen MR) is 80.1 cm³/mol. The molecule has 0 aliphatic heterocycles. The van der Waals surface area contributed by atoms with E-state index in [1.807, 2.05) is 0 Å². The molecule has 2 N–H and O–H groups in total. The molecule has 5 nitrogen and oxygen atoms in total. The number of nitrogens with one attached hydrogen (secondary N) is 1. The van der Waals surface area contributed by atoms with Crippen LogP contribution in [-0.2, 0) is 16.6 Å². The Balaban J connectivity index is 2.26. The minimum absolute atomic E-state index is 0.0421. The van der Waals surface area contributed by atoms with Crippen LogP contribution >= 0.6 is 11.6 Å². The van der Waals surface area contributed by atoms with Crippen molar-refractivity contribution >= 4 is 21.6 Å². The van der Waals surface area contributed by atoms with E-state index in [2.05, 4.69) is 4.72 Å². The average molecular weight is 328 g/mol. The molecule has 0 atom stereocenters. The lowest BCUT2D eigenvalue weighted by Gasteiger charge is -2.12. The summed E-state index contributed by atoms with van der Waals surface area (Å²) in [7, 11) is -2.37. The van der Waals surface area contributed by atoms with Crippen molar-refractivity contribution in [3.05, 3.63) is 53.1 Å². The maximum Gasteiger partial charge on any atom is 0.244 e. The molecule has 0 aromatic heterocycles. The van der Waals surface area contributed by atoms with Crippen LogP contribution in [0.3, 0.4) is 0 Å². The van der Waals surface area contributed by atoms with Gasteiger partial charge >= 0.3 is 0 Å². The Labute approximate surface area is 128 Å². The molecular formula is C14H14ClNO4S. The summed E-state index contributed by atoms with van der Waals surface area (Å²) in [5.74, 6) is 0.179. The summed E-state index contributed by atoms with van der Waals surface area (Å²) in [6, 6.07) is 10.8. The summed E-state index contributed by atoms with van der Waals surface area (Å²) in [5.41, 5.74) is 0.528. The first kappa shape index (κ1) is 15.6. The maximum absolute atomic E-state index is 12.2. The molecule has 21 heavy (non-hydrogen) atoms. The van der Waals surface area contributed by atoms with Crippen LogP contribution in [0, 0.1) is 0 Å². The van der Waals surface area contributed by atoms with Crippen molar-refractivity contribution in [3.63, 3.8) is 0 Å². The van der Waals surface area contributed by atoms with Gasteiger partial charge in [-0.05, 0) is 24.3 Å². The Bertz CT molecular complexity index is 746. The van der Waals surface area contributed by atoms with Crippen LogP contribution in [0.5, 0.6) is 11.5 Å². The summed E-state index contributed by atoms with van der Waals surface area (Å²) in [6.07, 6.45) is 0. The Morgan fingerprint density at radius 1 is 1.19 bits per heavy atom. The first-order valence-corrected chi connectivity index (χ1v) is 7.91. The van der Waals surface area contributed by atoms with E-state index in [4.69, 9.17) is 16.3 Å². The number of ether oxygens (including phenoxy) is 1. The summed E-state index contributed by atoms with van der Waals surface area (Å²) in [4.78, 5) is -0.184. The zero-order valence-corrected chi connectivity index (χ0v) is 12.8. The zero-order valence-electron chi connectivity index (χ0n) is 11.2. The Hall–Kier alpha value is -1.76. The van der Waals surface area contributed by atoms with Gasteiger partial charge in [0.2, 0.25) is 10.0 Å². The largest absolute Gasteiger partial charge is 0.507 e. The topological polar surface area (TPSA) is 75.6 Å². The van der Waals surface area contributed by atoms with Crippen molar-refractivity contribution in [3.8, 4) is 11.5 Å². The quantitative estimate of drug-likeness (QED) is 0.885. The molecular weight excluding hydrogens is 314 g/mol. The van der Waals surface area contributed by atoms with Gasteiger partial charge in [-0.1, -0.05) is 29.8 Å². The van der Waals surface area contributed by atoms with Gasteiger partial charge in [-0.2, -0.15) is 0 Å². The highest BCUT2D eigenvalue weighted by atomic mass is 35.5. The van der Waals surface area contributed by atoms with E-state index in [-0.39, 0.29) is 17.2 Å². The second-order valence-corrected chi connectivity index (χ2v) is 6.36. The number of rotatable bonds is 5. The normalized spacial score (nSPS) is 11.3. The number of hydrogen-bond acceptors (Lipinski definition) is 4. The fourth-order valence-corrected chi connectivity index (χ4v) is 3.15. The van der Waals surface area contributed by atoms with E-state index in [1.54, 1.807) is 24.3 Å². The van der Waals surface area contributed by atoms with Crippen molar-refractivity contribution in [2.24, 2.45) is 0 Å². The summed E-state index contributed by atoms with van der Waals surface area (Å²) < 4.78 is 31.9. The number of methoxy groups -OCH3 is 1. The third kappa shape index (κ3) is 3.47. The fraction of sp³-hybridized carbons (Fsp3) is 0.143. The minimum Gasteiger partial charge on any atom is -0.507 e. The van der Waals surface area contributed by atoms with Crippen molar-refractivity contribution in [1.29, 1.82) is 0 Å². The van der Waals surface area contributed by atoms with Crippen molar-refractivity contribution < 1.29 is 18.3 Å². The molecule has 0 bridgehead atoms. The number of para-hydroxylation sites is 1. The van der Waals surface area contributed by atoms with Crippen molar-refractivity contribution in [2.75, 3.05) is 7.11 Å². The van der Waals surface area contributed by atoms with E-state index in [1.165, 1.54) is 25.3 Å². The number of phenolic OH excluding ortho intramolecular Hbond substituents is 1. The van der Waals surface area contributed by atoms with Crippen LogP contribution in [0.4, 0.5) is 0 Å². The molecule has 0 amide bonds. The molecule has 0 unspecified atom stereocenters. The second kappa shape index (κ2) is 6.34. The SMILES string of the molecule is COc1cccc(Cl)c1CNS(=O)(=O)c1ccccc1O. The van der Waals surface area contributed by atoms with Gasteiger partial charge in [0.25, 0.3) is 0 Å². The Morgan fingerprint density at radius 2 is 1.90 bits per heavy atom. The van der Waals surface area contributed by atoms with Gasteiger partial charge in [-0.3, -0.25) is 0 Å². The van der Waals surface area contributed by atoms with Crippen molar-refractivity contribution in [2.45, 2.75) is 11.4 Å². The van der Waals surface area contributed by atoms with Gasteiger partial charge in [-0.25, -0.2) is 13.1 Å². The van der Waals surface area contributed by atoms with Gasteiger partial charge < -0.3 is 9.84 Å². The Kier molecular flexibility index (Phi) is 4.72. The zero-order chi connectivity index (χ0) is 15.5. The fourth-order valence-electron chi connectivity index (χ4n) is 1.83. The molecule has 112 valence electrons. The Morgan fingerprint density at radius 3 is 2.57 bits per heavy atom. The number of benzene rings is 2. The number of hydrogen-bond donors (Lipinski definition) is 2. The van der Waals surface area contributed by atoms with E-state index >= 15 is 0 Å². The van der Waals surface area contributed by atoms with Crippen LogP contribution in [0.2, 0.25) is 5.02 Å². The van der Waals surface area contributed by atoms with Crippen molar-refractivity contribution in [1.82, 2.24) is 4.72 Å². The van der Waals surface area contributed by atoms with Crippen LogP contribution in [-0.4, -0.2) is 20.6 Å². The van der Waals surface area contributed by atoms with Gasteiger partial charge in [0.15, 0.2) is 0 Å². The van der Waals surface area contributed by atoms with E-state index in [0.29, 0.717) is 16.3 Å². The van der Waals surface area contributed by atoms with E-state index in [0.717, 1.165) is 0 Å². The van der Waals surface area contributed by atoms with Gasteiger partial charge in [0.05, 0.1) is 7.11 Å². The minimum atomic E-state index is -3.85. The average Bonchev–Trinajstić information content (AvgIpc) is 2.46. The highest BCUT2D eigenvalue weighted by molar-refractivity contribution is 7.89. The highest BCUT2D eigenvalue weighted by Gasteiger charge is 2.19. The highest BCUT2D eigenvalue weighted by Crippen LogP contribution is 2.27. The predicted octanol–water partition coefficient (Wildman–Crippen LogP) is 2.53. The molecule has 0 aliphatic rings. The van der Waals surface area contributed by atoms with Crippen LogP contribution in [0.25, 0.3) is 0 Å². The molecule has 0 radical (unpaired) electrons. The standard InChI is InChI=1S/C14H14ClNO4S/c1-20-13-7-4-5-11(15)10(13)9-16-21(18,19)14-8-3-2-6-12(14)17/h2-8,16-17H,9H2,1H3. The molecule has 0 spiro atoms. The second-order valence-electron chi connectivity index (χ2n) is 4.21. The smallest absolute Gasteiger partial charge is 0.244 e. The monoisotopic (exact) mass is 327 g/mol. The first-order valence-electron chi connectivity index (χ1n) is 6.05. The number of halogens is 1. The van der Waals surface area contributed by atoms with Gasteiger partial charge in [-0.15, -0.1) is 0 Å². The molecule has 2 rings (SSSR count). The molecule has 0 saturated carbocycles. The first-order chi connectivity index (χ1) is 9.95. The summed E-state index contributed by atoms with van der Waals surface area (Å²) >= 11 is 6.05. The number of aromatic hydroxyl groups is 1. The molecule has 0 heterocycles. The third-order valence-electron chi connectivity index (χ3n) is 2.89. The van der Waals surface area contributed by atoms with Crippen LogP contribution in [0.15, 0.2) is 47.4 Å². The summed E-state index contributed by atoms with van der Waals surface area (Å²) in [6.45, 7) is -0.0421. The summed E-state index contributed by atoms with van der Waals surface area (Å²) in [5, 5.41) is 10.0. The lowest BCUT2D eigenvalue weighted by atomic mass is 10.2. The van der Waals surface area contributed by atoms with E-state index in [9.17, 15) is 13.5 Å².